The maximum Gasteiger partial charge on any atom is 0.295 e. The molecule has 1 unspecified atom stereocenters. The number of rotatable bonds is 11. The summed E-state index contributed by atoms with van der Waals surface area (Å²) in [6.07, 6.45) is 9.08. The van der Waals surface area contributed by atoms with Crippen LogP contribution in [0.3, 0.4) is 0 Å². The summed E-state index contributed by atoms with van der Waals surface area (Å²) in [5, 5.41) is 11.4. The number of aliphatic hydroxyl groups excluding tert-OH is 1. The second kappa shape index (κ2) is 12.1. The average Bonchev–Trinajstić information content (AvgIpc) is 3.57. The number of likely N-dealkylation sites (tertiary alicyclic amines) is 1. The number of hydrogen-bond donors (Lipinski definition) is 1. The van der Waals surface area contributed by atoms with E-state index < -0.39 is 17.7 Å². The number of aryl methyl sites for hydroxylation is 1. The second-order valence-corrected chi connectivity index (χ2v) is 9.63. The van der Waals surface area contributed by atoms with E-state index in [0.717, 1.165) is 30.6 Å². The Kier molecular flexibility index (Phi) is 8.15. The fourth-order valence-electron chi connectivity index (χ4n) is 4.93. The number of nitrogens with zero attached hydrogens (tertiary/aromatic N) is 3. The number of Topliss-reactive ketones (excluding diaryl/α,β-unsaturated/α-hetero) is 1. The van der Waals surface area contributed by atoms with E-state index in [0.29, 0.717) is 56.4 Å². The van der Waals surface area contributed by atoms with E-state index in [1.165, 1.54) is 0 Å². The van der Waals surface area contributed by atoms with Crippen LogP contribution in [0.1, 0.15) is 49.8 Å². The molecular formula is C30H33N3O6. The number of unbranched alkanes of at least 4 members (excludes halogenated alkanes) is 2. The van der Waals surface area contributed by atoms with Crippen molar-refractivity contribution in [3.05, 3.63) is 77.9 Å². The van der Waals surface area contributed by atoms with E-state index in [1.54, 1.807) is 35.6 Å². The third kappa shape index (κ3) is 5.77. The van der Waals surface area contributed by atoms with Crippen LogP contribution in [0.4, 0.5) is 0 Å². The molecule has 1 amide bonds. The Morgan fingerprint density at radius 3 is 2.56 bits per heavy atom. The molecule has 0 bridgehead atoms. The van der Waals surface area contributed by atoms with Crippen LogP contribution in [-0.2, 0) is 16.1 Å². The van der Waals surface area contributed by atoms with Crippen LogP contribution in [0.25, 0.3) is 5.76 Å². The predicted molar refractivity (Wildman–Crippen MR) is 145 cm³/mol. The van der Waals surface area contributed by atoms with Gasteiger partial charge in [-0.25, -0.2) is 4.98 Å². The maximum absolute atomic E-state index is 13.4. The highest BCUT2D eigenvalue weighted by molar-refractivity contribution is 6.46. The minimum atomic E-state index is -0.741. The fourth-order valence-corrected chi connectivity index (χ4v) is 4.93. The van der Waals surface area contributed by atoms with Crippen molar-refractivity contribution in [1.29, 1.82) is 0 Å². The molecule has 0 aliphatic carbocycles. The Labute approximate surface area is 227 Å². The lowest BCUT2D eigenvalue weighted by Crippen LogP contribution is -2.31. The normalized spacial score (nSPS) is 18.0. The third-order valence-corrected chi connectivity index (χ3v) is 6.94. The topological polar surface area (TPSA) is 103 Å². The van der Waals surface area contributed by atoms with Crippen molar-refractivity contribution in [3.63, 3.8) is 0 Å². The van der Waals surface area contributed by atoms with E-state index >= 15 is 0 Å². The molecule has 39 heavy (non-hydrogen) atoms. The number of imidazole rings is 1. The monoisotopic (exact) mass is 531 g/mol. The van der Waals surface area contributed by atoms with Gasteiger partial charge in [0.1, 0.15) is 24.7 Å². The van der Waals surface area contributed by atoms with Crippen LogP contribution in [-0.4, -0.2) is 57.6 Å². The van der Waals surface area contributed by atoms with Crippen LogP contribution in [0.15, 0.2) is 66.8 Å². The summed E-state index contributed by atoms with van der Waals surface area (Å²) < 4.78 is 19.0. The van der Waals surface area contributed by atoms with Crippen LogP contribution in [0, 0.1) is 0 Å². The van der Waals surface area contributed by atoms with Crippen molar-refractivity contribution >= 4 is 17.4 Å². The molecule has 9 nitrogen and oxygen atoms in total. The number of benzene rings is 2. The zero-order valence-electron chi connectivity index (χ0n) is 22.0. The largest absolute Gasteiger partial charge is 0.507 e. The van der Waals surface area contributed by atoms with E-state index in [2.05, 4.69) is 11.9 Å². The fraction of sp³-hybridized carbons (Fsp3) is 0.367. The lowest BCUT2D eigenvalue weighted by molar-refractivity contribution is -0.139. The molecule has 0 radical (unpaired) electrons. The Hall–Kier alpha value is -4.27. The number of ketones is 1. The van der Waals surface area contributed by atoms with Crippen molar-refractivity contribution < 1.29 is 28.9 Å². The average molecular weight is 532 g/mol. The smallest absolute Gasteiger partial charge is 0.295 e. The third-order valence-electron chi connectivity index (χ3n) is 6.94. The number of aliphatic hydroxyl groups is 1. The van der Waals surface area contributed by atoms with E-state index in [-0.39, 0.29) is 11.3 Å². The summed E-state index contributed by atoms with van der Waals surface area (Å²) in [5.74, 6) is 0.190. The van der Waals surface area contributed by atoms with Gasteiger partial charge in [-0.1, -0.05) is 31.9 Å². The van der Waals surface area contributed by atoms with Gasteiger partial charge in [0.05, 0.1) is 24.5 Å². The van der Waals surface area contributed by atoms with Gasteiger partial charge in [0.15, 0.2) is 11.5 Å². The van der Waals surface area contributed by atoms with Crippen molar-refractivity contribution in [3.8, 4) is 17.2 Å². The minimum Gasteiger partial charge on any atom is -0.507 e. The van der Waals surface area contributed by atoms with E-state index in [1.807, 2.05) is 35.0 Å². The zero-order valence-corrected chi connectivity index (χ0v) is 22.0. The molecule has 1 saturated heterocycles. The number of amides is 1. The molecular weight excluding hydrogens is 498 g/mol. The summed E-state index contributed by atoms with van der Waals surface area (Å²) in [4.78, 5) is 32.2. The molecule has 5 rings (SSSR count). The van der Waals surface area contributed by atoms with Crippen LogP contribution in [0.5, 0.6) is 17.2 Å². The molecule has 3 heterocycles. The van der Waals surface area contributed by atoms with Crippen molar-refractivity contribution in [2.45, 2.75) is 45.2 Å². The predicted octanol–water partition coefficient (Wildman–Crippen LogP) is 4.74. The molecule has 0 saturated carbocycles. The molecule has 1 atom stereocenters. The first-order valence-electron chi connectivity index (χ1n) is 13.4. The van der Waals surface area contributed by atoms with Gasteiger partial charge in [-0.15, -0.1) is 0 Å². The molecule has 2 aromatic carbocycles. The molecule has 2 aliphatic rings. The van der Waals surface area contributed by atoms with Crippen molar-refractivity contribution in [2.75, 3.05) is 26.4 Å². The highest BCUT2D eigenvalue weighted by Gasteiger charge is 2.45. The van der Waals surface area contributed by atoms with Crippen molar-refractivity contribution in [1.82, 2.24) is 14.5 Å². The van der Waals surface area contributed by atoms with Crippen molar-refractivity contribution in [2.24, 2.45) is 0 Å². The maximum atomic E-state index is 13.4. The quantitative estimate of drug-likeness (QED) is 0.165. The Bertz CT molecular complexity index is 1330. The number of aromatic nitrogens is 2. The Balaban J connectivity index is 1.46. The minimum absolute atomic E-state index is 0.0518. The first-order valence-corrected chi connectivity index (χ1v) is 13.4. The van der Waals surface area contributed by atoms with Gasteiger partial charge in [0, 0.05) is 31.0 Å². The van der Waals surface area contributed by atoms with Gasteiger partial charge in [0.2, 0.25) is 0 Å². The first-order chi connectivity index (χ1) is 19.1. The highest BCUT2D eigenvalue weighted by Crippen LogP contribution is 2.41. The molecule has 204 valence electrons. The van der Waals surface area contributed by atoms with Gasteiger partial charge in [0.25, 0.3) is 11.7 Å². The van der Waals surface area contributed by atoms with Crippen LogP contribution < -0.4 is 14.2 Å². The molecule has 3 aromatic rings. The molecule has 9 heteroatoms. The summed E-state index contributed by atoms with van der Waals surface area (Å²) in [6.45, 7) is 4.59. The molecule has 0 spiro atoms. The van der Waals surface area contributed by atoms with Crippen LogP contribution >= 0.6 is 0 Å². The standard InChI is InChI=1S/C30H33N3O6/c1-2-3-4-16-37-23-9-6-21(7-10-23)27-26(28(34)22-8-11-24-25(19-22)39-18-17-38-24)29(35)30(36)33(27)14-5-13-32-15-12-31-20-32/h6-12,15,19-20,27,34H,2-5,13-14,16-18H2,1H3. The highest BCUT2D eigenvalue weighted by atomic mass is 16.6. The summed E-state index contributed by atoms with van der Waals surface area (Å²) in [6, 6.07) is 11.7. The Morgan fingerprint density at radius 1 is 1.03 bits per heavy atom. The lowest BCUT2D eigenvalue weighted by Gasteiger charge is -2.26. The van der Waals surface area contributed by atoms with Gasteiger partial charge in [-0.3, -0.25) is 9.59 Å². The molecule has 1 N–H and O–H groups in total. The first kappa shape index (κ1) is 26.3. The molecule has 2 aliphatic heterocycles. The van der Waals surface area contributed by atoms with Gasteiger partial charge < -0.3 is 28.8 Å². The van der Waals surface area contributed by atoms with E-state index in [9.17, 15) is 14.7 Å². The number of carbonyl (C=O) groups excluding carboxylic acids is 2. The van der Waals surface area contributed by atoms with Crippen LogP contribution in [0.2, 0.25) is 0 Å². The van der Waals surface area contributed by atoms with Gasteiger partial charge in [-0.05, 0) is 48.7 Å². The number of carbonyl (C=O) groups is 2. The zero-order chi connectivity index (χ0) is 27.2. The van der Waals surface area contributed by atoms with E-state index in [4.69, 9.17) is 14.2 Å². The molecule has 1 fully saturated rings. The molecule has 1 aromatic heterocycles. The summed E-state index contributed by atoms with van der Waals surface area (Å²) >= 11 is 0. The Morgan fingerprint density at radius 2 is 1.82 bits per heavy atom. The van der Waals surface area contributed by atoms with Gasteiger partial charge >= 0.3 is 0 Å². The SMILES string of the molecule is CCCCCOc1ccc(C2C(=C(O)c3ccc4c(c3)OCCO4)C(=O)C(=O)N2CCCn2ccnc2)cc1. The lowest BCUT2D eigenvalue weighted by atomic mass is 9.95. The number of hydrogen-bond acceptors (Lipinski definition) is 7. The number of fused-ring (bicyclic) bond motifs is 1. The van der Waals surface area contributed by atoms with Gasteiger partial charge in [-0.2, -0.15) is 0 Å². The second-order valence-electron chi connectivity index (χ2n) is 9.63. The summed E-state index contributed by atoms with van der Waals surface area (Å²) in [7, 11) is 0. The number of ether oxygens (including phenoxy) is 3. The summed E-state index contributed by atoms with van der Waals surface area (Å²) in [5.41, 5.74) is 1.16.